The summed E-state index contributed by atoms with van der Waals surface area (Å²) >= 11 is 0. The van der Waals surface area contributed by atoms with Gasteiger partial charge in [-0.2, -0.15) is 5.26 Å². The number of benzene rings is 2. The molecule has 224 valence electrons. The average molecular weight is 591 g/mol. The molecule has 2 aromatic carbocycles. The van der Waals surface area contributed by atoms with Gasteiger partial charge in [0.25, 0.3) is 5.56 Å². The Morgan fingerprint density at radius 2 is 1.82 bits per heavy atom. The Hall–Kier alpha value is -5.17. The van der Waals surface area contributed by atoms with Gasteiger partial charge in [0.15, 0.2) is 11.6 Å². The molecule has 0 unspecified atom stereocenters. The van der Waals surface area contributed by atoms with Gasteiger partial charge in [0.1, 0.15) is 11.2 Å². The van der Waals surface area contributed by atoms with Gasteiger partial charge in [0.05, 0.1) is 42.7 Å². The van der Waals surface area contributed by atoms with Gasteiger partial charge in [-0.1, -0.05) is 24.3 Å². The maximum atomic E-state index is 12.9. The first-order valence-electron chi connectivity index (χ1n) is 14.7. The Morgan fingerprint density at radius 1 is 1.05 bits per heavy atom. The minimum atomic E-state index is -0.498. The predicted octanol–water partition coefficient (Wildman–Crippen LogP) is 5.66. The third-order valence-electron chi connectivity index (χ3n) is 7.77. The highest BCUT2D eigenvalue weighted by Gasteiger charge is 2.27. The highest BCUT2D eigenvalue weighted by Crippen LogP contribution is 2.24. The molecule has 1 fully saturated rings. The summed E-state index contributed by atoms with van der Waals surface area (Å²) in [7, 11) is 0. The number of hydrogen-bond acceptors (Lipinski definition) is 7. The van der Waals surface area contributed by atoms with Gasteiger partial charge >= 0.3 is 6.09 Å². The number of likely N-dealkylation sites (tertiary alicyclic amines) is 1. The summed E-state index contributed by atoms with van der Waals surface area (Å²) in [5.41, 5.74) is 3.36. The summed E-state index contributed by atoms with van der Waals surface area (Å²) in [6.45, 7) is 7.83. The molecule has 0 bridgehead atoms. The van der Waals surface area contributed by atoms with Crippen LogP contribution in [0.5, 0.6) is 5.75 Å². The quantitative estimate of drug-likeness (QED) is 0.251. The van der Waals surface area contributed by atoms with Crippen LogP contribution in [0.2, 0.25) is 0 Å². The Balaban J connectivity index is 1.11. The lowest BCUT2D eigenvalue weighted by molar-refractivity contribution is 0.0165. The number of rotatable bonds is 6. The Morgan fingerprint density at radius 3 is 2.55 bits per heavy atom. The van der Waals surface area contributed by atoms with Crippen LogP contribution in [0.4, 0.5) is 4.79 Å². The van der Waals surface area contributed by atoms with E-state index in [4.69, 9.17) is 9.47 Å². The molecule has 0 aliphatic carbocycles. The van der Waals surface area contributed by atoms with Crippen molar-refractivity contribution >= 4 is 22.6 Å². The summed E-state index contributed by atoms with van der Waals surface area (Å²) < 4.78 is 15.1. The smallest absolute Gasteiger partial charge is 0.410 e. The van der Waals surface area contributed by atoms with Crippen LogP contribution in [0.3, 0.4) is 0 Å². The first-order chi connectivity index (χ1) is 21.2. The topological polar surface area (TPSA) is 115 Å². The molecule has 1 aliphatic rings. The summed E-state index contributed by atoms with van der Waals surface area (Å²) in [5.74, 6) is 1.50. The zero-order valence-electron chi connectivity index (χ0n) is 25.1. The van der Waals surface area contributed by atoms with Crippen molar-refractivity contribution in [2.75, 3.05) is 19.7 Å². The number of hydrogen-bond donors (Lipinski definition) is 0. The Kier molecular flexibility index (Phi) is 7.78. The molecule has 6 rings (SSSR count). The standard InChI is InChI=1S/C34H34N6O4/c1-34(2,3)44-33(42)38-12-9-23(10-13-38)22-43-28-19-36-32(37-20-28)27-6-4-5-25(15-27)21-40-30-17-26-8-7-24(18-35)16-29(26)39(30)14-11-31(40)41/h4-8,11,14-17,19-20,23H,9-10,12-13,21-22H2,1-3H3. The molecular weight excluding hydrogens is 556 g/mol. The van der Waals surface area contributed by atoms with E-state index in [2.05, 4.69) is 16.0 Å². The SMILES string of the molecule is CC(C)(C)OC(=O)N1CCC(COc2cnc(-c3cccc(Cn4c(=O)ccn5c6cc(C#N)ccc6cc45)c3)nc2)CC1. The molecule has 4 heterocycles. The molecule has 1 amide bonds. The van der Waals surface area contributed by atoms with Crippen LogP contribution in [0.1, 0.15) is 44.7 Å². The van der Waals surface area contributed by atoms with Crippen molar-refractivity contribution in [3.05, 3.63) is 94.7 Å². The van der Waals surface area contributed by atoms with E-state index >= 15 is 0 Å². The van der Waals surface area contributed by atoms with Crippen molar-refractivity contribution in [1.82, 2.24) is 23.8 Å². The van der Waals surface area contributed by atoms with Crippen molar-refractivity contribution < 1.29 is 14.3 Å². The minimum absolute atomic E-state index is 0.112. The fraction of sp³-hybridized carbons (Fsp3) is 0.324. The van der Waals surface area contributed by atoms with Gasteiger partial charge in [-0.25, -0.2) is 14.8 Å². The highest BCUT2D eigenvalue weighted by molar-refractivity contribution is 5.87. The first kappa shape index (κ1) is 28.9. The lowest BCUT2D eigenvalue weighted by atomic mass is 9.98. The van der Waals surface area contributed by atoms with Crippen LogP contribution < -0.4 is 10.3 Å². The third-order valence-corrected chi connectivity index (χ3v) is 7.77. The number of carbonyl (C=O) groups excluding carboxylic acids is 1. The molecule has 1 aliphatic heterocycles. The fourth-order valence-electron chi connectivity index (χ4n) is 5.49. The second-order valence-electron chi connectivity index (χ2n) is 12.2. The van der Waals surface area contributed by atoms with Gasteiger partial charge in [-0.15, -0.1) is 0 Å². The van der Waals surface area contributed by atoms with Gasteiger partial charge < -0.3 is 18.8 Å². The number of ether oxygens (including phenoxy) is 2. The number of aromatic nitrogens is 4. The van der Waals surface area contributed by atoms with E-state index in [0.717, 1.165) is 40.5 Å². The maximum absolute atomic E-state index is 12.9. The molecule has 1 saturated heterocycles. The normalized spacial score (nSPS) is 14.1. The molecule has 10 nitrogen and oxygen atoms in total. The lowest BCUT2D eigenvalue weighted by Crippen LogP contribution is -2.42. The number of carbonyl (C=O) groups is 1. The number of piperidine rings is 1. The third kappa shape index (κ3) is 6.27. The molecule has 5 aromatic rings. The van der Waals surface area contributed by atoms with Crippen LogP contribution >= 0.6 is 0 Å². The van der Waals surface area contributed by atoms with E-state index in [1.165, 1.54) is 0 Å². The number of nitriles is 1. The second-order valence-corrected chi connectivity index (χ2v) is 12.2. The number of fused-ring (bicyclic) bond motifs is 3. The van der Waals surface area contributed by atoms with Crippen LogP contribution in [-0.4, -0.2) is 55.2 Å². The number of amides is 1. The van der Waals surface area contributed by atoms with Crippen molar-refractivity contribution in [2.45, 2.75) is 45.8 Å². The average Bonchev–Trinajstić information content (AvgIpc) is 3.39. The maximum Gasteiger partial charge on any atom is 0.410 e. The van der Waals surface area contributed by atoms with E-state index in [9.17, 15) is 14.9 Å². The van der Waals surface area contributed by atoms with Crippen molar-refractivity contribution in [1.29, 1.82) is 5.26 Å². The summed E-state index contributed by atoms with van der Waals surface area (Å²) in [6, 6.07) is 19.0. The molecular formula is C34H34N6O4. The Bertz CT molecular complexity index is 1920. The molecule has 0 saturated carbocycles. The van der Waals surface area contributed by atoms with Gasteiger partial charge in [0, 0.05) is 36.3 Å². The van der Waals surface area contributed by atoms with E-state index in [0.29, 0.717) is 49.3 Å². The Labute approximate surface area is 255 Å². The molecule has 0 radical (unpaired) electrons. The highest BCUT2D eigenvalue weighted by atomic mass is 16.6. The van der Waals surface area contributed by atoms with E-state index in [-0.39, 0.29) is 11.7 Å². The number of nitrogens with zero attached hydrogens (tertiary/aromatic N) is 6. The molecule has 44 heavy (non-hydrogen) atoms. The van der Waals surface area contributed by atoms with Gasteiger partial charge in [-0.05, 0) is 69.4 Å². The van der Waals surface area contributed by atoms with E-state index in [1.807, 2.05) is 67.6 Å². The van der Waals surface area contributed by atoms with Crippen molar-refractivity contribution in [2.24, 2.45) is 5.92 Å². The van der Waals surface area contributed by atoms with Gasteiger partial charge in [-0.3, -0.25) is 9.36 Å². The predicted molar refractivity (Wildman–Crippen MR) is 166 cm³/mol. The van der Waals surface area contributed by atoms with Crippen LogP contribution in [0, 0.1) is 17.2 Å². The molecule has 3 aromatic heterocycles. The lowest BCUT2D eigenvalue weighted by Gasteiger charge is -2.33. The zero-order valence-corrected chi connectivity index (χ0v) is 25.1. The van der Waals surface area contributed by atoms with Gasteiger partial charge in [0.2, 0.25) is 0 Å². The van der Waals surface area contributed by atoms with E-state index in [1.54, 1.807) is 40.2 Å². The first-order valence-corrected chi connectivity index (χ1v) is 14.7. The van der Waals surface area contributed by atoms with E-state index < -0.39 is 5.60 Å². The van der Waals surface area contributed by atoms with Crippen molar-refractivity contribution in [3.8, 4) is 23.2 Å². The summed E-state index contributed by atoms with van der Waals surface area (Å²) in [5, 5.41) is 10.3. The summed E-state index contributed by atoms with van der Waals surface area (Å²) in [4.78, 5) is 36.1. The van der Waals surface area contributed by atoms with Crippen LogP contribution in [0.15, 0.2) is 78.0 Å². The van der Waals surface area contributed by atoms with Crippen LogP contribution in [0.25, 0.3) is 27.9 Å². The fourth-order valence-corrected chi connectivity index (χ4v) is 5.49. The zero-order chi connectivity index (χ0) is 30.8. The molecule has 0 spiro atoms. The monoisotopic (exact) mass is 590 g/mol. The van der Waals surface area contributed by atoms with Crippen LogP contribution in [-0.2, 0) is 11.3 Å². The summed E-state index contributed by atoms with van der Waals surface area (Å²) in [6.07, 6.45) is 6.54. The molecule has 10 heteroatoms. The van der Waals surface area contributed by atoms with Crippen molar-refractivity contribution in [3.63, 3.8) is 0 Å². The molecule has 0 atom stereocenters. The minimum Gasteiger partial charge on any atom is -0.490 e. The molecule has 0 N–H and O–H groups in total. The second kappa shape index (κ2) is 11.8. The largest absolute Gasteiger partial charge is 0.490 e.